The maximum absolute atomic E-state index is 14.4. The molecule has 5 rings (SSSR count). The second-order valence-corrected chi connectivity index (χ2v) is 10.9. The number of carbonyl (C=O) groups is 2. The van der Waals surface area contributed by atoms with Gasteiger partial charge in [-0.1, -0.05) is 12.8 Å². The zero-order valence-electron chi connectivity index (χ0n) is 24.0. The summed E-state index contributed by atoms with van der Waals surface area (Å²) in [7, 11) is 0. The number of nitrogens with one attached hydrogen (secondary N) is 2. The third-order valence-electron chi connectivity index (χ3n) is 7.61. The number of pyridine rings is 1. The quantitative estimate of drug-likeness (QED) is 0.224. The summed E-state index contributed by atoms with van der Waals surface area (Å²) >= 11 is 0. The number of halogens is 2. The zero-order valence-corrected chi connectivity index (χ0v) is 24.0. The Hall–Kier alpha value is -4.68. The van der Waals surface area contributed by atoms with Gasteiger partial charge in [-0.15, -0.1) is 0 Å². The number of fused-ring (bicyclic) bond motifs is 2. The van der Waals surface area contributed by atoms with Crippen LogP contribution in [-0.2, 0) is 24.3 Å². The molecule has 0 saturated carbocycles. The van der Waals surface area contributed by atoms with Crippen LogP contribution < -0.4 is 10.7 Å². The number of hydrogen-bond acceptors (Lipinski definition) is 7. The van der Waals surface area contributed by atoms with E-state index in [2.05, 4.69) is 25.5 Å². The van der Waals surface area contributed by atoms with Crippen molar-refractivity contribution in [3.05, 3.63) is 69.4 Å². The fourth-order valence-corrected chi connectivity index (χ4v) is 5.30. The Kier molecular flexibility index (Phi) is 8.78. The minimum absolute atomic E-state index is 0.0458. The Balaban J connectivity index is 1.09. The number of aromatic hydroxyl groups is 1. The summed E-state index contributed by atoms with van der Waals surface area (Å²) in [4.78, 5) is 47.6. The minimum Gasteiger partial charge on any atom is -0.503 e. The van der Waals surface area contributed by atoms with E-state index in [9.17, 15) is 28.3 Å². The van der Waals surface area contributed by atoms with Crippen LogP contribution in [0.25, 0.3) is 22.4 Å². The first-order chi connectivity index (χ1) is 20.6. The molecule has 3 aromatic heterocycles. The van der Waals surface area contributed by atoms with Gasteiger partial charge >= 0.3 is 0 Å². The number of amides is 2. The Morgan fingerprint density at radius 3 is 2.70 bits per heavy atom. The first kappa shape index (κ1) is 29.8. The number of aromatic nitrogens is 5. The number of nitrogens with zero attached hydrogens (tertiary/aromatic N) is 5. The highest BCUT2D eigenvalue weighted by molar-refractivity contribution is 5.96. The van der Waals surface area contributed by atoms with Crippen LogP contribution >= 0.6 is 0 Å². The molecule has 0 fully saturated rings. The number of unbranched alkanes of at least 4 members (excludes halogenated alkanes) is 3. The van der Waals surface area contributed by atoms with Gasteiger partial charge in [-0.25, -0.2) is 18.7 Å². The van der Waals surface area contributed by atoms with Crippen molar-refractivity contribution in [1.29, 1.82) is 0 Å². The van der Waals surface area contributed by atoms with Crippen LogP contribution in [-0.4, -0.2) is 59.1 Å². The number of hydrogen-bond donors (Lipinski definition) is 3. The lowest BCUT2D eigenvalue weighted by molar-refractivity contribution is -0.121. The monoisotopic (exact) mass is 593 g/mol. The van der Waals surface area contributed by atoms with Crippen molar-refractivity contribution in [3.63, 3.8) is 0 Å². The molecule has 13 heteroatoms. The van der Waals surface area contributed by atoms with E-state index in [-0.39, 0.29) is 42.1 Å². The maximum Gasteiger partial charge on any atom is 0.274 e. The normalized spacial score (nSPS) is 13.1. The summed E-state index contributed by atoms with van der Waals surface area (Å²) < 4.78 is 29.7. The predicted molar refractivity (Wildman–Crippen MR) is 154 cm³/mol. The number of aromatic amines is 1. The van der Waals surface area contributed by atoms with E-state index < -0.39 is 28.7 Å². The number of benzene rings is 1. The molecule has 43 heavy (non-hydrogen) atoms. The van der Waals surface area contributed by atoms with Crippen LogP contribution in [0, 0.1) is 11.6 Å². The molecule has 4 heterocycles. The van der Waals surface area contributed by atoms with E-state index in [1.165, 1.54) is 18.2 Å². The Morgan fingerprint density at radius 1 is 1.12 bits per heavy atom. The number of carbonyl (C=O) groups excluding carboxylic acids is 2. The van der Waals surface area contributed by atoms with Crippen molar-refractivity contribution >= 4 is 22.7 Å². The summed E-state index contributed by atoms with van der Waals surface area (Å²) in [5.41, 5.74) is 0.978. The average Bonchev–Trinajstić information content (AvgIpc) is 3.39. The summed E-state index contributed by atoms with van der Waals surface area (Å²) in [5, 5.41) is 20.6. The summed E-state index contributed by atoms with van der Waals surface area (Å²) in [6, 6.07) is 5.39. The molecular formula is C30H33F2N7O4. The third-order valence-corrected chi connectivity index (χ3v) is 7.61. The molecule has 11 nitrogen and oxygen atoms in total. The van der Waals surface area contributed by atoms with Gasteiger partial charge in [-0.2, -0.15) is 5.10 Å². The molecule has 0 saturated heterocycles. The van der Waals surface area contributed by atoms with Crippen LogP contribution in [0.5, 0.6) is 5.75 Å². The Morgan fingerprint density at radius 2 is 1.91 bits per heavy atom. The molecule has 4 aromatic rings. The molecule has 3 N–H and O–H groups in total. The van der Waals surface area contributed by atoms with Crippen molar-refractivity contribution < 1.29 is 23.5 Å². The van der Waals surface area contributed by atoms with Gasteiger partial charge in [0.1, 0.15) is 11.5 Å². The van der Waals surface area contributed by atoms with Gasteiger partial charge in [-0.05, 0) is 51.3 Å². The Bertz CT molecular complexity index is 1730. The molecular weight excluding hydrogens is 560 g/mol. The zero-order chi connectivity index (χ0) is 30.7. The van der Waals surface area contributed by atoms with Gasteiger partial charge in [0.25, 0.3) is 5.91 Å². The molecule has 1 aromatic carbocycles. The average molecular weight is 594 g/mol. The van der Waals surface area contributed by atoms with Crippen LogP contribution in [0.3, 0.4) is 0 Å². The molecule has 1 aliphatic heterocycles. The maximum atomic E-state index is 14.4. The highest BCUT2D eigenvalue weighted by atomic mass is 19.1. The molecule has 1 aliphatic rings. The second-order valence-electron chi connectivity index (χ2n) is 10.9. The molecule has 0 atom stereocenters. The molecule has 0 aliphatic carbocycles. The van der Waals surface area contributed by atoms with E-state index in [0.717, 1.165) is 19.0 Å². The molecule has 0 bridgehead atoms. The molecule has 0 spiro atoms. The fraction of sp³-hybridized carbons (Fsp3) is 0.400. The molecule has 0 radical (unpaired) electrons. The minimum atomic E-state index is -0.659. The summed E-state index contributed by atoms with van der Waals surface area (Å²) in [6.45, 7) is 4.64. The smallest absolute Gasteiger partial charge is 0.274 e. The lowest BCUT2D eigenvalue weighted by Gasteiger charge is -2.34. The van der Waals surface area contributed by atoms with Crippen LogP contribution in [0.2, 0.25) is 0 Å². The van der Waals surface area contributed by atoms with E-state index in [4.69, 9.17) is 0 Å². The van der Waals surface area contributed by atoms with Crippen molar-refractivity contribution in [2.75, 3.05) is 6.54 Å². The first-order valence-electron chi connectivity index (χ1n) is 14.3. The van der Waals surface area contributed by atoms with Crippen LogP contribution in [0.15, 0.2) is 35.3 Å². The van der Waals surface area contributed by atoms with E-state index >= 15 is 0 Å². The second kappa shape index (κ2) is 12.7. The van der Waals surface area contributed by atoms with Gasteiger partial charge in [0, 0.05) is 42.7 Å². The van der Waals surface area contributed by atoms with Crippen molar-refractivity contribution in [3.8, 4) is 17.3 Å². The predicted octanol–water partition coefficient (Wildman–Crippen LogP) is 3.84. The van der Waals surface area contributed by atoms with Gasteiger partial charge in [0.05, 0.1) is 24.0 Å². The van der Waals surface area contributed by atoms with Crippen LogP contribution in [0.4, 0.5) is 8.78 Å². The van der Waals surface area contributed by atoms with Crippen LogP contribution in [0.1, 0.15) is 67.8 Å². The standard InChI is InChI=1S/C30H33F2N7O4/c1-17(2)38-11-12-39-19(14-24(40)28(42)27(39)30(38)43)15-33-25(41)8-6-4-3-5-7-23-21(32)16-34-29(35-23)26-20-13-18(31)9-10-22(20)36-37-26/h9-10,13-14,16-17,42H,3-8,11-12,15H2,1-2H3,(H,33,41)(H,36,37). The van der Waals surface area contributed by atoms with Crippen molar-refractivity contribution in [2.24, 2.45) is 0 Å². The fourth-order valence-electron chi connectivity index (χ4n) is 5.30. The first-order valence-corrected chi connectivity index (χ1v) is 14.3. The van der Waals surface area contributed by atoms with Crippen molar-refractivity contribution in [1.82, 2.24) is 34.9 Å². The van der Waals surface area contributed by atoms with Gasteiger partial charge in [0.15, 0.2) is 23.1 Å². The highest BCUT2D eigenvalue weighted by Gasteiger charge is 2.31. The number of H-pyrrole nitrogens is 1. The molecule has 226 valence electrons. The topological polar surface area (TPSA) is 146 Å². The number of aryl methyl sites for hydroxylation is 1. The van der Waals surface area contributed by atoms with Crippen molar-refractivity contribution in [2.45, 2.75) is 71.5 Å². The van der Waals surface area contributed by atoms with E-state index in [1.807, 2.05) is 13.8 Å². The van der Waals surface area contributed by atoms with Gasteiger partial charge in [-0.3, -0.25) is 19.5 Å². The Labute approximate surface area is 246 Å². The van der Waals surface area contributed by atoms with Gasteiger partial charge < -0.3 is 19.9 Å². The number of rotatable bonds is 11. The van der Waals surface area contributed by atoms with Gasteiger partial charge in [0.2, 0.25) is 11.3 Å². The molecule has 0 unspecified atom stereocenters. The lowest BCUT2D eigenvalue weighted by atomic mass is 10.1. The summed E-state index contributed by atoms with van der Waals surface area (Å²) in [5.74, 6) is -1.92. The third kappa shape index (κ3) is 6.40. The van der Waals surface area contributed by atoms with E-state index in [0.29, 0.717) is 54.6 Å². The summed E-state index contributed by atoms with van der Waals surface area (Å²) in [6.07, 6.45) is 4.49. The highest BCUT2D eigenvalue weighted by Crippen LogP contribution is 2.26. The van der Waals surface area contributed by atoms with E-state index in [1.54, 1.807) is 15.5 Å². The largest absolute Gasteiger partial charge is 0.503 e. The SMILES string of the molecule is CC(C)N1CCn2c(CNC(=O)CCCCCCc3nc(-c4n[nH]c5ccc(F)cc45)ncc3F)cc(=O)c(O)c2C1=O. The lowest BCUT2D eigenvalue weighted by Crippen LogP contribution is -2.46. The molecule has 2 amide bonds.